The third-order valence-corrected chi connectivity index (χ3v) is 4.64. The molecule has 0 unspecified atom stereocenters. The molecule has 3 rings (SSSR count). The lowest BCUT2D eigenvalue weighted by Gasteiger charge is -2.26. The van der Waals surface area contributed by atoms with Gasteiger partial charge in [0.1, 0.15) is 0 Å². The van der Waals surface area contributed by atoms with Gasteiger partial charge in [0, 0.05) is 23.7 Å². The summed E-state index contributed by atoms with van der Waals surface area (Å²) in [5.74, 6) is 0.684. The fourth-order valence-electron chi connectivity index (χ4n) is 3.18. The van der Waals surface area contributed by atoms with Crippen LogP contribution in [0.2, 0.25) is 0 Å². The molecule has 0 bridgehead atoms. The second kappa shape index (κ2) is 5.72. The summed E-state index contributed by atoms with van der Waals surface area (Å²) in [7, 11) is 0. The van der Waals surface area contributed by atoms with Gasteiger partial charge in [-0.05, 0) is 61.4 Å². The maximum atomic E-state index is 5.49. The molecule has 0 spiro atoms. The van der Waals surface area contributed by atoms with Gasteiger partial charge in [-0.2, -0.15) is 0 Å². The molecule has 0 aliphatic carbocycles. The first-order chi connectivity index (χ1) is 8.84. The molecule has 0 amide bonds. The molecule has 0 radical (unpaired) electrons. The quantitative estimate of drug-likeness (QED) is 0.898. The van der Waals surface area contributed by atoms with Gasteiger partial charge in [-0.3, -0.25) is 0 Å². The Morgan fingerprint density at radius 3 is 2.67 bits per heavy atom. The van der Waals surface area contributed by atoms with Crippen LogP contribution in [0.3, 0.4) is 0 Å². The standard InChI is InChI=1S/C15H20BrNO/c16-12-3-4-13(11-5-8-18-9-6-11)14(10-12)15-2-1-7-17-15/h3-4,10-11,15,17H,1-2,5-9H2/t15-/m1/s1. The molecule has 2 saturated heterocycles. The first-order valence-corrected chi connectivity index (χ1v) is 7.74. The summed E-state index contributed by atoms with van der Waals surface area (Å²) in [4.78, 5) is 0. The third-order valence-electron chi connectivity index (χ3n) is 4.15. The predicted octanol–water partition coefficient (Wildman–Crippen LogP) is 3.77. The van der Waals surface area contributed by atoms with Gasteiger partial charge in [0.2, 0.25) is 0 Å². The predicted molar refractivity (Wildman–Crippen MR) is 76.9 cm³/mol. The smallest absolute Gasteiger partial charge is 0.0471 e. The molecule has 1 N–H and O–H groups in total. The maximum absolute atomic E-state index is 5.49. The number of benzene rings is 1. The third kappa shape index (κ3) is 2.63. The minimum atomic E-state index is 0.556. The van der Waals surface area contributed by atoms with Crippen molar-refractivity contribution in [2.24, 2.45) is 0 Å². The Morgan fingerprint density at radius 1 is 1.11 bits per heavy atom. The molecule has 2 aliphatic rings. The van der Waals surface area contributed by atoms with Gasteiger partial charge in [0.05, 0.1) is 0 Å². The van der Waals surface area contributed by atoms with Crippen LogP contribution in [-0.2, 0) is 4.74 Å². The molecule has 1 atom stereocenters. The van der Waals surface area contributed by atoms with Crippen molar-refractivity contribution in [3.8, 4) is 0 Å². The summed E-state index contributed by atoms with van der Waals surface area (Å²) in [5, 5.41) is 3.63. The number of hydrogen-bond acceptors (Lipinski definition) is 2. The van der Waals surface area contributed by atoms with Crippen LogP contribution in [-0.4, -0.2) is 19.8 Å². The summed E-state index contributed by atoms with van der Waals surface area (Å²) in [6, 6.07) is 7.37. The van der Waals surface area contributed by atoms with Gasteiger partial charge < -0.3 is 10.1 Å². The Kier molecular flexibility index (Phi) is 4.02. The molecule has 2 heterocycles. The largest absolute Gasteiger partial charge is 0.381 e. The van der Waals surface area contributed by atoms with Crippen LogP contribution in [0.1, 0.15) is 48.8 Å². The molecular formula is C15H20BrNO. The zero-order valence-corrected chi connectivity index (χ0v) is 12.2. The summed E-state index contributed by atoms with van der Waals surface area (Å²) >= 11 is 3.61. The highest BCUT2D eigenvalue weighted by atomic mass is 79.9. The first kappa shape index (κ1) is 12.6. The normalized spacial score (nSPS) is 25.5. The van der Waals surface area contributed by atoms with Crippen molar-refractivity contribution >= 4 is 15.9 Å². The summed E-state index contributed by atoms with van der Waals surface area (Å²) < 4.78 is 6.68. The van der Waals surface area contributed by atoms with E-state index in [1.807, 2.05) is 0 Å². The lowest BCUT2D eigenvalue weighted by Crippen LogP contribution is -2.19. The second-order valence-corrected chi connectivity index (χ2v) is 6.22. The van der Waals surface area contributed by atoms with Crippen LogP contribution in [0.15, 0.2) is 22.7 Å². The number of halogens is 1. The van der Waals surface area contributed by atoms with Gasteiger partial charge in [0.25, 0.3) is 0 Å². The average Bonchev–Trinajstić information content (AvgIpc) is 2.93. The van der Waals surface area contributed by atoms with E-state index >= 15 is 0 Å². The first-order valence-electron chi connectivity index (χ1n) is 6.95. The molecule has 18 heavy (non-hydrogen) atoms. The second-order valence-electron chi connectivity index (χ2n) is 5.31. The molecular weight excluding hydrogens is 290 g/mol. The van der Waals surface area contributed by atoms with Crippen molar-refractivity contribution in [2.45, 2.75) is 37.6 Å². The van der Waals surface area contributed by atoms with E-state index in [4.69, 9.17) is 4.74 Å². The van der Waals surface area contributed by atoms with Crippen molar-refractivity contribution in [3.63, 3.8) is 0 Å². The summed E-state index contributed by atoms with van der Waals surface area (Å²) in [6.07, 6.45) is 4.90. The van der Waals surface area contributed by atoms with Crippen LogP contribution in [0, 0.1) is 0 Å². The topological polar surface area (TPSA) is 21.3 Å². The summed E-state index contributed by atoms with van der Waals surface area (Å²) in [5.41, 5.74) is 3.05. The Morgan fingerprint density at radius 2 is 1.94 bits per heavy atom. The van der Waals surface area contributed by atoms with Crippen molar-refractivity contribution in [1.82, 2.24) is 5.32 Å². The highest BCUT2D eigenvalue weighted by Gasteiger charge is 2.24. The molecule has 2 aliphatic heterocycles. The van der Waals surface area contributed by atoms with E-state index in [9.17, 15) is 0 Å². The fraction of sp³-hybridized carbons (Fsp3) is 0.600. The molecule has 0 aromatic heterocycles. The monoisotopic (exact) mass is 309 g/mol. The molecule has 2 nitrogen and oxygen atoms in total. The van der Waals surface area contributed by atoms with Crippen molar-refractivity contribution < 1.29 is 4.74 Å². The van der Waals surface area contributed by atoms with E-state index < -0.39 is 0 Å². The molecule has 1 aromatic carbocycles. The Hall–Kier alpha value is -0.380. The molecule has 2 fully saturated rings. The lowest BCUT2D eigenvalue weighted by atomic mass is 9.85. The van der Waals surface area contributed by atoms with Gasteiger partial charge in [-0.1, -0.05) is 22.0 Å². The van der Waals surface area contributed by atoms with E-state index in [0.717, 1.165) is 19.8 Å². The number of ether oxygens (including phenoxy) is 1. The number of hydrogen-bond donors (Lipinski definition) is 1. The van der Waals surface area contributed by atoms with Crippen molar-refractivity contribution in [3.05, 3.63) is 33.8 Å². The lowest BCUT2D eigenvalue weighted by molar-refractivity contribution is 0.0850. The van der Waals surface area contributed by atoms with E-state index in [0.29, 0.717) is 12.0 Å². The zero-order chi connectivity index (χ0) is 12.4. The maximum Gasteiger partial charge on any atom is 0.0471 e. The number of rotatable bonds is 2. The Labute approximate surface area is 117 Å². The SMILES string of the molecule is Brc1ccc(C2CCOCC2)c([C@H]2CCCN2)c1. The van der Waals surface area contributed by atoms with Crippen LogP contribution in [0.4, 0.5) is 0 Å². The average molecular weight is 310 g/mol. The van der Waals surface area contributed by atoms with Gasteiger partial charge in [-0.25, -0.2) is 0 Å². The van der Waals surface area contributed by atoms with Crippen LogP contribution < -0.4 is 5.32 Å². The van der Waals surface area contributed by atoms with Crippen LogP contribution in [0.5, 0.6) is 0 Å². The van der Waals surface area contributed by atoms with E-state index in [1.165, 1.54) is 35.7 Å². The molecule has 98 valence electrons. The van der Waals surface area contributed by atoms with Crippen LogP contribution >= 0.6 is 15.9 Å². The molecule has 0 saturated carbocycles. The van der Waals surface area contributed by atoms with Crippen molar-refractivity contribution in [2.75, 3.05) is 19.8 Å². The van der Waals surface area contributed by atoms with Gasteiger partial charge in [0.15, 0.2) is 0 Å². The zero-order valence-electron chi connectivity index (χ0n) is 10.6. The Bertz CT molecular complexity index is 409. The van der Waals surface area contributed by atoms with Gasteiger partial charge in [-0.15, -0.1) is 0 Å². The van der Waals surface area contributed by atoms with Crippen LogP contribution in [0.25, 0.3) is 0 Å². The highest BCUT2D eigenvalue weighted by molar-refractivity contribution is 9.10. The van der Waals surface area contributed by atoms with E-state index in [1.54, 1.807) is 5.56 Å². The molecule has 1 aromatic rings. The van der Waals surface area contributed by atoms with E-state index in [2.05, 4.69) is 39.4 Å². The van der Waals surface area contributed by atoms with E-state index in [-0.39, 0.29) is 0 Å². The van der Waals surface area contributed by atoms with Gasteiger partial charge >= 0.3 is 0 Å². The summed E-state index contributed by atoms with van der Waals surface area (Å²) in [6.45, 7) is 2.99. The minimum Gasteiger partial charge on any atom is -0.381 e. The highest BCUT2D eigenvalue weighted by Crippen LogP contribution is 2.36. The fourth-order valence-corrected chi connectivity index (χ4v) is 3.56. The number of nitrogens with one attached hydrogen (secondary N) is 1. The molecule has 3 heteroatoms. The minimum absolute atomic E-state index is 0.556. The van der Waals surface area contributed by atoms with Crippen molar-refractivity contribution in [1.29, 1.82) is 0 Å². The Balaban J connectivity index is 1.91.